The van der Waals surface area contributed by atoms with Gasteiger partial charge in [-0.2, -0.15) is 0 Å². The van der Waals surface area contributed by atoms with E-state index in [2.05, 4.69) is 21.2 Å². The van der Waals surface area contributed by atoms with Crippen LogP contribution in [0.1, 0.15) is 19.4 Å². The van der Waals surface area contributed by atoms with Gasteiger partial charge in [-0.3, -0.25) is 0 Å². The zero-order valence-corrected chi connectivity index (χ0v) is 13.4. The Morgan fingerprint density at radius 1 is 1.21 bits per heavy atom. The van der Waals surface area contributed by atoms with Crippen molar-refractivity contribution in [2.75, 3.05) is 33.5 Å². The van der Waals surface area contributed by atoms with E-state index in [0.717, 1.165) is 47.8 Å². The van der Waals surface area contributed by atoms with Gasteiger partial charge in [-0.25, -0.2) is 0 Å². The summed E-state index contributed by atoms with van der Waals surface area (Å²) in [7, 11) is 1.65. The largest absolute Gasteiger partial charge is 0.493 e. The van der Waals surface area contributed by atoms with Crippen LogP contribution in [-0.4, -0.2) is 33.5 Å². The first-order valence-electron chi connectivity index (χ1n) is 6.50. The van der Waals surface area contributed by atoms with Crippen molar-refractivity contribution in [3.63, 3.8) is 0 Å². The minimum atomic E-state index is 0.612. The minimum absolute atomic E-state index is 0.612. The third kappa shape index (κ3) is 5.38. The Bertz CT molecular complexity index is 385. The highest BCUT2D eigenvalue weighted by atomic mass is 79.9. The van der Waals surface area contributed by atoms with Gasteiger partial charge in [-0.15, -0.1) is 0 Å². The maximum Gasteiger partial charge on any atom is 0.175 e. The summed E-state index contributed by atoms with van der Waals surface area (Å²) in [6.45, 7) is 7.65. The Kier molecular flexibility index (Phi) is 7.86. The monoisotopic (exact) mass is 331 g/mol. The Labute approximate surface area is 123 Å². The van der Waals surface area contributed by atoms with E-state index in [1.54, 1.807) is 7.11 Å². The van der Waals surface area contributed by atoms with Crippen LogP contribution in [0.25, 0.3) is 0 Å². The first-order chi connectivity index (χ1) is 9.22. The molecule has 1 aromatic carbocycles. The van der Waals surface area contributed by atoms with Gasteiger partial charge in [0.1, 0.15) is 0 Å². The second-order valence-electron chi connectivity index (χ2n) is 3.92. The molecule has 1 aromatic rings. The van der Waals surface area contributed by atoms with Crippen molar-refractivity contribution < 1.29 is 14.2 Å². The molecule has 0 aliphatic carbocycles. The minimum Gasteiger partial charge on any atom is -0.493 e. The molecule has 0 amide bonds. The van der Waals surface area contributed by atoms with Crippen molar-refractivity contribution in [3.05, 3.63) is 22.2 Å². The average molecular weight is 332 g/mol. The zero-order chi connectivity index (χ0) is 14.1. The number of rotatable bonds is 9. The highest BCUT2D eigenvalue weighted by Crippen LogP contribution is 2.36. The molecule has 0 bridgehead atoms. The maximum atomic E-state index is 5.56. The number of methoxy groups -OCH3 is 1. The van der Waals surface area contributed by atoms with Gasteiger partial charge in [0, 0.05) is 19.7 Å². The fourth-order valence-electron chi connectivity index (χ4n) is 1.68. The number of halogens is 1. The van der Waals surface area contributed by atoms with Crippen molar-refractivity contribution >= 4 is 15.9 Å². The smallest absolute Gasteiger partial charge is 0.175 e. The standard InChI is InChI=1S/C14H22BrNO3/c1-4-18-7-6-16-10-11-8-12(15)14(19-5-2)13(9-11)17-3/h8-9,16H,4-7,10H2,1-3H3. The van der Waals surface area contributed by atoms with E-state index in [9.17, 15) is 0 Å². The summed E-state index contributed by atoms with van der Waals surface area (Å²) in [5.41, 5.74) is 1.14. The molecule has 0 aliphatic heterocycles. The molecule has 4 nitrogen and oxygen atoms in total. The van der Waals surface area contributed by atoms with Gasteiger partial charge in [0.25, 0.3) is 0 Å². The molecular weight excluding hydrogens is 310 g/mol. The quantitative estimate of drug-likeness (QED) is 0.706. The highest BCUT2D eigenvalue weighted by Gasteiger charge is 2.10. The van der Waals surface area contributed by atoms with E-state index in [-0.39, 0.29) is 0 Å². The van der Waals surface area contributed by atoms with Gasteiger partial charge >= 0.3 is 0 Å². The van der Waals surface area contributed by atoms with E-state index in [1.165, 1.54) is 0 Å². The number of hydrogen-bond acceptors (Lipinski definition) is 4. The molecule has 0 saturated carbocycles. The normalized spacial score (nSPS) is 10.5. The van der Waals surface area contributed by atoms with Crippen LogP contribution in [0.15, 0.2) is 16.6 Å². The summed E-state index contributed by atoms with van der Waals surface area (Å²) in [5, 5.41) is 3.32. The topological polar surface area (TPSA) is 39.7 Å². The maximum absolute atomic E-state index is 5.56. The summed E-state index contributed by atoms with van der Waals surface area (Å²) in [6.07, 6.45) is 0. The second kappa shape index (κ2) is 9.18. The third-order valence-electron chi connectivity index (χ3n) is 2.53. The Morgan fingerprint density at radius 3 is 2.63 bits per heavy atom. The molecule has 5 heteroatoms. The fourth-order valence-corrected chi connectivity index (χ4v) is 2.28. The van der Waals surface area contributed by atoms with Crippen molar-refractivity contribution in [1.82, 2.24) is 5.32 Å². The molecule has 0 aromatic heterocycles. The predicted molar refractivity (Wildman–Crippen MR) is 80.1 cm³/mol. The molecule has 0 radical (unpaired) electrons. The Morgan fingerprint density at radius 2 is 2.00 bits per heavy atom. The van der Waals surface area contributed by atoms with Gasteiger partial charge < -0.3 is 19.5 Å². The Balaban J connectivity index is 2.62. The number of nitrogens with one attached hydrogen (secondary N) is 1. The molecule has 108 valence electrons. The zero-order valence-electron chi connectivity index (χ0n) is 11.8. The third-order valence-corrected chi connectivity index (χ3v) is 3.12. The second-order valence-corrected chi connectivity index (χ2v) is 4.77. The van der Waals surface area contributed by atoms with Crippen LogP contribution in [0.5, 0.6) is 11.5 Å². The van der Waals surface area contributed by atoms with E-state index < -0.39 is 0 Å². The molecule has 0 aliphatic rings. The SMILES string of the molecule is CCOCCNCc1cc(Br)c(OCC)c(OC)c1. The first kappa shape index (κ1) is 16.3. The van der Waals surface area contributed by atoms with E-state index in [1.807, 2.05) is 26.0 Å². The van der Waals surface area contributed by atoms with Crippen molar-refractivity contribution in [2.24, 2.45) is 0 Å². The van der Waals surface area contributed by atoms with Gasteiger partial charge in [-0.05, 0) is 47.5 Å². The lowest BCUT2D eigenvalue weighted by Gasteiger charge is -2.13. The molecule has 19 heavy (non-hydrogen) atoms. The summed E-state index contributed by atoms with van der Waals surface area (Å²) in [6, 6.07) is 4.03. The van der Waals surface area contributed by atoms with Crippen LogP contribution in [0.3, 0.4) is 0 Å². The van der Waals surface area contributed by atoms with Crippen LogP contribution in [0, 0.1) is 0 Å². The van der Waals surface area contributed by atoms with Gasteiger partial charge in [0.2, 0.25) is 0 Å². The molecule has 1 rings (SSSR count). The van der Waals surface area contributed by atoms with Crippen molar-refractivity contribution in [3.8, 4) is 11.5 Å². The summed E-state index contributed by atoms with van der Waals surface area (Å²) < 4.78 is 17.1. The van der Waals surface area contributed by atoms with Crippen LogP contribution < -0.4 is 14.8 Å². The number of hydrogen-bond donors (Lipinski definition) is 1. The lowest BCUT2D eigenvalue weighted by atomic mass is 10.2. The lowest BCUT2D eigenvalue weighted by molar-refractivity contribution is 0.149. The molecule has 0 atom stereocenters. The van der Waals surface area contributed by atoms with E-state index in [4.69, 9.17) is 14.2 Å². The van der Waals surface area contributed by atoms with Crippen molar-refractivity contribution in [1.29, 1.82) is 0 Å². The predicted octanol–water partition coefficient (Wildman–Crippen LogP) is 2.98. The van der Waals surface area contributed by atoms with E-state index >= 15 is 0 Å². The lowest BCUT2D eigenvalue weighted by Crippen LogP contribution is -2.19. The molecule has 0 heterocycles. The van der Waals surface area contributed by atoms with Crippen LogP contribution in [-0.2, 0) is 11.3 Å². The molecule has 0 saturated heterocycles. The van der Waals surface area contributed by atoms with Crippen LogP contribution >= 0.6 is 15.9 Å². The van der Waals surface area contributed by atoms with E-state index in [0.29, 0.717) is 6.61 Å². The number of benzene rings is 1. The van der Waals surface area contributed by atoms with Crippen LogP contribution in [0.2, 0.25) is 0 Å². The fraction of sp³-hybridized carbons (Fsp3) is 0.571. The summed E-state index contributed by atoms with van der Waals surface area (Å²) >= 11 is 3.52. The van der Waals surface area contributed by atoms with Gasteiger partial charge in [-0.1, -0.05) is 0 Å². The molecule has 0 unspecified atom stereocenters. The summed E-state index contributed by atoms with van der Waals surface area (Å²) in [5.74, 6) is 1.50. The molecule has 1 N–H and O–H groups in total. The highest BCUT2D eigenvalue weighted by molar-refractivity contribution is 9.10. The van der Waals surface area contributed by atoms with Crippen molar-refractivity contribution in [2.45, 2.75) is 20.4 Å². The first-order valence-corrected chi connectivity index (χ1v) is 7.29. The molecular formula is C14H22BrNO3. The van der Waals surface area contributed by atoms with Crippen LogP contribution in [0.4, 0.5) is 0 Å². The molecule has 0 fully saturated rings. The average Bonchev–Trinajstić information content (AvgIpc) is 2.41. The molecule has 0 spiro atoms. The van der Waals surface area contributed by atoms with Gasteiger partial charge in [0.05, 0.1) is 24.8 Å². The number of ether oxygens (including phenoxy) is 3. The summed E-state index contributed by atoms with van der Waals surface area (Å²) in [4.78, 5) is 0. The Hall–Kier alpha value is -0.780. The van der Waals surface area contributed by atoms with Gasteiger partial charge in [0.15, 0.2) is 11.5 Å².